The fraction of sp³-hybridized carbons (Fsp3) is 0.208. The van der Waals surface area contributed by atoms with Gasteiger partial charge in [0.15, 0.2) is 0 Å². The molecule has 0 saturated carbocycles. The molecular formula is C24H21ClF2N2O. The van der Waals surface area contributed by atoms with Crippen LogP contribution in [-0.2, 0) is 0 Å². The van der Waals surface area contributed by atoms with Gasteiger partial charge in [-0.1, -0.05) is 60.1 Å². The van der Waals surface area contributed by atoms with Crippen LogP contribution in [0.4, 0.5) is 8.78 Å². The maximum Gasteiger partial charge on any atom is 0.258 e. The highest BCUT2D eigenvalue weighted by Gasteiger charge is 2.30. The fourth-order valence-corrected chi connectivity index (χ4v) is 4.18. The van der Waals surface area contributed by atoms with E-state index in [4.69, 9.17) is 11.6 Å². The molecule has 0 N–H and O–H groups in total. The predicted molar refractivity (Wildman–Crippen MR) is 114 cm³/mol. The Morgan fingerprint density at radius 2 is 1.43 bits per heavy atom. The number of amides is 1. The molecule has 1 fully saturated rings. The van der Waals surface area contributed by atoms with Gasteiger partial charge in [0.25, 0.3) is 5.91 Å². The first-order valence-electron chi connectivity index (χ1n) is 9.82. The number of piperazine rings is 1. The van der Waals surface area contributed by atoms with E-state index in [1.54, 1.807) is 17.0 Å². The Morgan fingerprint density at radius 3 is 2.07 bits per heavy atom. The highest BCUT2D eigenvalue weighted by molar-refractivity contribution is 6.33. The van der Waals surface area contributed by atoms with Crippen molar-refractivity contribution >= 4 is 17.5 Å². The summed E-state index contributed by atoms with van der Waals surface area (Å²) in [5, 5.41) is 0.121. The van der Waals surface area contributed by atoms with Gasteiger partial charge < -0.3 is 4.90 Å². The Morgan fingerprint density at radius 1 is 0.800 bits per heavy atom. The van der Waals surface area contributed by atoms with E-state index in [0.29, 0.717) is 26.2 Å². The maximum atomic E-state index is 14.2. The molecule has 4 rings (SSSR count). The van der Waals surface area contributed by atoms with Crippen molar-refractivity contribution in [1.29, 1.82) is 0 Å². The number of carbonyl (C=O) groups is 1. The minimum Gasteiger partial charge on any atom is -0.336 e. The van der Waals surface area contributed by atoms with E-state index in [0.717, 1.165) is 11.1 Å². The van der Waals surface area contributed by atoms with Gasteiger partial charge in [0, 0.05) is 26.2 Å². The molecule has 0 aliphatic carbocycles. The molecule has 1 aliphatic heterocycles. The number of carbonyl (C=O) groups excluding carboxylic acids is 1. The summed E-state index contributed by atoms with van der Waals surface area (Å²) >= 11 is 6.07. The molecule has 1 unspecified atom stereocenters. The largest absolute Gasteiger partial charge is 0.336 e. The van der Waals surface area contributed by atoms with E-state index in [2.05, 4.69) is 4.90 Å². The monoisotopic (exact) mass is 426 g/mol. The Kier molecular flexibility index (Phi) is 6.11. The molecule has 0 spiro atoms. The van der Waals surface area contributed by atoms with Crippen LogP contribution in [0.25, 0.3) is 0 Å². The van der Waals surface area contributed by atoms with Gasteiger partial charge in [0.1, 0.15) is 11.6 Å². The quantitative estimate of drug-likeness (QED) is 0.575. The molecule has 3 nitrogen and oxygen atoms in total. The van der Waals surface area contributed by atoms with Gasteiger partial charge in [-0.15, -0.1) is 0 Å². The number of hydrogen-bond acceptors (Lipinski definition) is 2. The zero-order valence-corrected chi connectivity index (χ0v) is 17.0. The second-order valence-corrected chi connectivity index (χ2v) is 7.70. The van der Waals surface area contributed by atoms with E-state index in [1.807, 2.05) is 30.3 Å². The number of nitrogens with zero attached hydrogens (tertiary/aromatic N) is 2. The lowest BCUT2D eigenvalue weighted by atomic mass is 9.96. The first-order valence-corrected chi connectivity index (χ1v) is 10.2. The third-order valence-corrected chi connectivity index (χ3v) is 5.76. The first kappa shape index (κ1) is 20.5. The van der Waals surface area contributed by atoms with Crippen LogP contribution in [-0.4, -0.2) is 41.9 Å². The molecule has 0 aromatic heterocycles. The molecule has 6 heteroatoms. The molecule has 1 saturated heterocycles. The third-order valence-electron chi connectivity index (χ3n) is 5.44. The van der Waals surface area contributed by atoms with Crippen molar-refractivity contribution in [2.45, 2.75) is 6.04 Å². The molecule has 3 aromatic carbocycles. The van der Waals surface area contributed by atoms with E-state index in [-0.39, 0.29) is 22.4 Å². The Bertz CT molecular complexity index is 999. The minimum absolute atomic E-state index is 0.0545. The fourth-order valence-electron chi connectivity index (χ4n) is 3.94. The van der Waals surface area contributed by atoms with Crippen molar-refractivity contribution in [3.05, 3.63) is 106 Å². The summed E-state index contributed by atoms with van der Waals surface area (Å²) < 4.78 is 27.6. The van der Waals surface area contributed by atoms with Crippen LogP contribution in [0.5, 0.6) is 0 Å². The molecule has 1 aliphatic rings. The summed E-state index contributed by atoms with van der Waals surface area (Å²) in [4.78, 5) is 16.7. The van der Waals surface area contributed by atoms with E-state index in [9.17, 15) is 13.6 Å². The SMILES string of the molecule is O=C(c1c(F)cccc1Cl)N1CCN(C(c2ccccc2)c2ccc(F)cc2)CC1. The molecular weight excluding hydrogens is 406 g/mol. The zero-order valence-electron chi connectivity index (χ0n) is 16.3. The summed E-state index contributed by atoms with van der Waals surface area (Å²) in [6.07, 6.45) is 0. The summed E-state index contributed by atoms with van der Waals surface area (Å²) in [5.74, 6) is -1.28. The standard InChI is InChI=1S/C24H21ClF2N2O/c25-20-7-4-8-21(27)22(20)24(30)29-15-13-28(14-16-29)23(17-5-2-1-3-6-17)18-9-11-19(26)12-10-18/h1-12,23H,13-16H2. The van der Waals surface area contributed by atoms with Crippen molar-refractivity contribution in [2.75, 3.05) is 26.2 Å². The van der Waals surface area contributed by atoms with E-state index >= 15 is 0 Å². The maximum absolute atomic E-state index is 14.2. The van der Waals surface area contributed by atoms with Crippen molar-refractivity contribution in [2.24, 2.45) is 0 Å². The lowest BCUT2D eigenvalue weighted by molar-refractivity contribution is 0.0593. The average Bonchev–Trinajstić information content (AvgIpc) is 2.76. The third kappa shape index (κ3) is 4.23. The highest BCUT2D eigenvalue weighted by atomic mass is 35.5. The van der Waals surface area contributed by atoms with Gasteiger partial charge in [0.05, 0.1) is 16.6 Å². The van der Waals surface area contributed by atoms with Gasteiger partial charge in [-0.25, -0.2) is 8.78 Å². The van der Waals surface area contributed by atoms with Gasteiger partial charge in [-0.2, -0.15) is 0 Å². The van der Waals surface area contributed by atoms with Crippen molar-refractivity contribution < 1.29 is 13.6 Å². The number of rotatable bonds is 4. The van der Waals surface area contributed by atoms with Crippen LogP contribution >= 0.6 is 11.6 Å². The average molecular weight is 427 g/mol. The van der Waals surface area contributed by atoms with Crippen molar-refractivity contribution in [1.82, 2.24) is 9.80 Å². The molecule has 1 amide bonds. The van der Waals surface area contributed by atoms with Crippen LogP contribution in [0.1, 0.15) is 27.5 Å². The van der Waals surface area contributed by atoms with E-state index < -0.39 is 11.7 Å². The van der Waals surface area contributed by atoms with Crippen LogP contribution < -0.4 is 0 Å². The molecule has 0 radical (unpaired) electrons. The molecule has 1 atom stereocenters. The van der Waals surface area contributed by atoms with Crippen LogP contribution in [0.15, 0.2) is 72.8 Å². The lowest BCUT2D eigenvalue weighted by Crippen LogP contribution is -2.50. The Balaban J connectivity index is 1.54. The summed E-state index contributed by atoms with van der Waals surface area (Å²) in [6.45, 7) is 2.12. The molecule has 154 valence electrons. The van der Waals surface area contributed by atoms with Gasteiger partial charge in [-0.3, -0.25) is 9.69 Å². The lowest BCUT2D eigenvalue weighted by Gasteiger charge is -2.40. The summed E-state index contributed by atoms with van der Waals surface area (Å²) in [5.41, 5.74) is 2.01. The summed E-state index contributed by atoms with van der Waals surface area (Å²) in [7, 11) is 0. The topological polar surface area (TPSA) is 23.6 Å². The second kappa shape index (κ2) is 8.94. The Hall–Kier alpha value is -2.76. The normalized spacial score (nSPS) is 15.8. The van der Waals surface area contributed by atoms with Gasteiger partial charge in [0.2, 0.25) is 0 Å². The van der Waals surface area contributed by atoms with Crippen LogP contribution in [0, 0.1) is 11.6 Å². The van der Waals surface area contributed by atoms with Crippen molar-refractivity contribution in [3.8, 4) is 0 Å². The van der Waals surface area contributed by atoms with Crippen LogP contribution in [0.2, 0.25) is 5.02 Å². The predicted octanol–water partition coefficient (Wildman–Crippen LogP) is 5.17. The smallest absolute Gasteiger partial charge is 0.258 e. The molecule has 1 heterocycles. The molecule has 0 bridgehead atoms. The number of hydrogen-bond donors (Lipinski definition) is 0. The van der Waals surface area contributed by atoms with Crippen molar-refractivity contribution in [3.63, 3.8) is 0 Å². The van der Waals surface area contributed by atoms with Gasteiger partial charge >= 0.3 is 0 Å². The zero-order chi connectivity index (χ0) is 21.1. The second-order valence-electron chi connectivity index (χ2n) is 7.29. The van der Waals surface area contributed by atoms with Crippen LogP contribution in [0.3, 0.4) is 0 Å². The van der Waals surface area contributed by atoms with Gasteiger partial charge in [-0.05, 0) is 35.4 Å². The molecule has 30 heavy (non-hydrogen) atoms. The Labute approximate surface area is 179 Å². The van der Waals surface area contributed by atoms with E-state index in [1.165, 1.54) is 30.3 Å². The highest BCUT2D eigenvalue weighted by Crippen LogP contribution is 2.30. The first-order chi connectivity index (χ1) is 14.5. The summed E-state index contributed by atoms with van der Waals surface area (Å²) in [6, 6.07) is 20.7. The minimum atomic E-state index is -0.608. The number of benzene rings is 3. The number of halogens is 3. The molecule has 3 aromatic rings.